The Morgan fingerprint density at radius 2 is 1.86 bits per heavy atom. The van der Waals surface area contributed by atoms with Gasteiger partial charge in [-0.3, -0.25) is 14.4 Å². The second-order valence-corrected chi connectivity index (χ2v) is 5.93. The number of rotatable bonds is 10. The van der Waals surface area contributed by atoms with Crippen LogP contribution in [0.5, 0.6) is 0 Å². The number of alkyl carbamates (subject to hydrolysis) is 1. The van der Waals surface area contributed by atoms with Gasteiger partial charge in [0.15, 0.2) is 0 Å². The molecular weight excluding hydrogens is 382 g/mol. The van der Waals surface area contributed by atoms with Crippen LogP contribution < -0.4 is 16.0 Å². The summed E-state index contributed by atoms with van der Waals surface area (Å²) >= 11 is 0. The van der Waals surface area contributed by atoms with E-state index in [9.17, 15) is 19.2 Å². The van der Waals surface area contributed by atoms with Crippen LogP contribution in [-0.4, -0.2) is 58.1 Å². The topological polar surface area (TPSA) is 163 Å². The van der Waals surface area contributed by atoms with Crippen LogP contribution in [0.2, 0.25) is 0 Å². The fraction of sp³-hybridized carbons (Fsp3) is 0.278. The van der Waals surface area contributed by atoms with Gasteiger partial charge in [0, 0.05) is 18.3 Å². The Bertz CT molecular complexity index is 825. The van der Waals surface area contributed by atoms with Gasteiger partial charge in [0.1, 0.15) is 25.7 Å². The first-order chi connectivity index (χ1) is 13.9. The molecule has 0 spiro atoms. The van der Waals surface area contributed by atoms with Crippen LogP contribution in [0.1, 0.15) is 11.3 Å². The summed E-state index contributed by atoms with van der Waals surface area (Å²) in [4.78, 5) is 53.2. The van der Waals surface area contributed by atoms with Crippen molar-refractivity contribution < 1.29 is 29.0 Å². The number of nitrogens with zero attached hydrogens (tertiary/aromatic N) is 1. The first-order valence-corrected chi connectivity index (χ1v) is 8.64. The Hall–Kier alpha value is -3.89. The van der Waals surface area contributed by atoms with E-state index in [0.717, 1.165) is 5.56 Å². The zero-order valence-corrected chi connectivity index (χ0v) is 15.4. The highest BCUT2D eigenvalue weighted by Gasteiger charge is 2.22. The molecule has 5 N–H and O–H groups in total. The molecule has 29 heavy (non-hydrogen) atoms. The van der Waals surface area contributed by atoms with Gasteiger partial charge in [0.05, 0.1) is 6.33 Å². The SMILES string of the molecule is O=C(O)CNC(=O)[C@H](Cc1cnc[nH]1)NC(=O)CNC(=O)OCc1ccccc1. The number of ether oxygens (including phenoxy) is 1. The van der Waals surface area contributed by atoms with Crippen molar-refractivity contribution in [1.82, 2.24) is 25.9 Å². The quantitative estimate of drug-likeness (QED) is 0.359. The van der Waals surface area contributed by atoms with Crippen LogP contribution in [0.4, 0.5) is 4.79 Å². The van der Waals surface area contributed by atoms with Crippen molar-refractivity contribution in [1.29, 1.82) is 0 Å². The predicted octanol–water partition coefficient (Wildman–Crippen LogP) is -0.436. The lowest BCUT2D eigenvalue weighted by Crippen LogP contribution is -2.51. The summed E-state index contributed by atoms with van der Waals surface area (Å²) < 4.78 is 4.99. The number of carbonyl (C=O) groups is 4. The normalized spacial score (nSPS) is 11.2. The maximum absolute atomic E-state index is 12.2. The maximum Gasteiger partial charge on any atom is 0.407 e. The zero-order valence-electron chi connectivity index (χ0n) is 15.4. The van der Waals surface area contributed by atoms with Crippen LogP contribution in [0.25, 0.3) is 0 Å². The van der Waals surface area contributed by atoms with E-state index in [-0.39, 0.29) is 13.0 Å². The molecule has 0 bridgehead atoms. The predicted molar refractivity (Wildman–Crippen MR) is 99.5 cm³/mol. The maximum atomic E-state index is 12.2. The van der Waals surface area contributed by atoms with Crippen LogP contribution in [0.3, 0.4) is 0 Å². The molecule has 1 atom stereocenters. The Labute approximate surface area is 165 Å². The lowest BCUT2D eigenvalue weighted by molar-refractivity contribution is -0.138. The van der Waals surface area contributed by atoms with Crippen molar-refractivity contribution in [3.05, 3.63) is 54.1 Å². The summed E-state index contributed by atoms with van der Waals surface area (Å²) in [5.74, 6) is -2.54. The monoisotopic (exact) mass is 403 g/mol. The Kier molecular flexibility index (Phi) is 8.17. The zero-order chi connectivity index (χ0) is 21.1. The van der Waals surface area contributed by atoms with Crippen LogP contribution >= 0.6 is 0 Å². The van der Waals surface area contributed by atoms with Gasteiger partial charge in [-0.05, 0) is 5.56 Å². The van der Waals surface area contributed by atoms with Crippen molar-refractivity contribution in [2.45, 2.75) is 19.1 Å². The number of aliphatic carboxylic acids is 1. The van der Waals surface area contributed by atoms with E-state index in [0.29, 0.717) is 5.69 Å². The molecule has 154 valence electrons. The highest BCUT2D eigenvalue weighted by Crippen LogP contribution is 2.01. The van der Waals surface area contributed by atoms with Crippen LogP contribution in [-0.2, 0) is 32.1 Å². The van der Waals surface area contributed by atoms with Crippen molar-refractivity contribution in [3.63, 3.8) is 0 Å². The van der Waals surface area contributed by atoms with Gasteiger partial charge in [-0.25, -0.2) is 9.78 Å². The highest BCUT2D eigenvalue weighted by atomic mass is 16.5. The van der Waals surface area contributed by atoms with Gasteiger partial charge in [0.2, 0.25) is 11.8 Å². The molecule has 0 saturated carbocycles. The molecule has 11 heteroatoms. The number of carbonyl (C=O) groups excluding carboxylic acids is 3. The number of hydrogen-bond donors (Lipinski definition) is 5. The minimum atomic E-state index is -1.22. The molecule has 0 unspecified atom stereocenters. The number of carboxylic acids is 1. The van der Waals surface area contributed by atoms with E-state index in [1.54, 1.807) is 24.3 Å². The molecule has 2 aromatic rings. The number of carboxylic acid groups (broad SMARTS) is 1. The molecule has 0 aliphatic heterocycles. The summed E-state index contributed by atoms with van der Waals surface area (Å²) in [6, 6.07) is 7.97. The summed E-state index contributed by atoms with van der Waals surface area (Å²) in [6.45, 7) is -0.952. The summed E-state index contributed by atoms with van der Waals surface area (Å²) in [7, 11) is 0. The second kappa shape index (κ2) is 11.1. The molecule has 0 radical (unpaired) electrons. The Balaban J connectivity index is 1.81. The summed E-state index contributed by atoms with van der Waals surface area (Å²) in [5.41, 5.74) is 1.36. The van der Waals surface area contributed by atoms with Gasteiger partial charge in [-0.1, -0.05) is 30.3 Å². The van der Waals surface area contributed by atoms with Crippen molar-refractivity contribution in [3.8, 4) is 0 Å². The Morgan fingerprint density at radius 1 is 1.10 bits per heavy atom. The van der Waals surface area contributed by atoms with E-state index < -0.39 is 43.0 Å². The number of benzene rings is 1. The van der Waals surface area contributed by atoms with Gasteiger partial charge in [0.25, 0.3) is 0 Å². The molecule has 0 fully saturated rings. The lowest BCUT2D eigenvalue weighted by Gasteiger charge is -2.17. The van der Waals surface area contributed by atoms with E-state index in [2.05, 4.69) is 25.9 Å². The van der Waals surface area contributed by atoms with E-state index in [1.807, 2.05) is 6.07 Å². The van der Waals surface area contributed by atoms with Gasteiger partial charge < -0.3 is 30.8 Å². The van der Waals surface area contributed by atoms with Gasteiger partial charge in [-0.15, -0.1) is 0 Å². The molecule has 2 rings (SSSR count). The van der Waals surface area contributed by atoms with Crippen LogP contribution in [0.15, 0.2) is 42.9 Å². The minimum absolute atomic E-state index is 0.0499. The first kappa shape index (κ1) is 21.4. The van der Waals surface area contributed by atoms with Gasteiger partial charge >= 0.3 is 12.1 Å². The minimum Gasteiger partial charge on any atom is -0.480 e. The fourth-order valence-electron chi connectivity index (χ4n) is 2.28. The lowest BCUT2D eigenvalue weighted by atomic mass is 10.1. The Morgan fingerprint density at radius 3 is 2.52 bits per heavy atom. The van der Waals surface area contributed by atoms with Crippen molar-refractivity contribution in [2.75, 3.05) is 13.1 Å². The van der Waals surface area contributed by atoms with E-state index >= 15 is 0 Å². The smallest absolute Gasteiger partial charge is 0.407 e. The van der Waals surface area contributed by atoms with Crippen molar-refractivity contribution in [2.24, 2.45) is 0 Å². The summed E-state index contributed by atoms with van der Waals surface area (Å²) in [5, 5.41) is 15.6. The molecule has 1 heterocycles. The fourth-order valence-corrected chi connectivity index (χ4v) is 2.28. The molecule has 0 saturated heterocycles. The number of H-pyrrole nitrogens is 1. The second-order valence-electron chi connectivity index (χ2n) is 5.93. The molecule has 0 aliphatic carbocycles. The van der Waals surface area contributed by atoms with E-state index in [4.69, 9.17) is 9.84 Å². The number of imidazole rings is 1. The third-order valence-corrected chi connectivity index (χ3v) is 3.65. The molecular formula is C18H21N5O6. The number of amides is 3. The highest BCUT2D eigenvalue weighted by molar-refractivity contribution is 5.90. The molecule has 11 nitrogen and oxygen atoms in total. The molecule has 1 aromatic heterocycles. The van der Waals surface area contributed by atoms with Crippen molar-refractivity contribution >= 4 is 23.9 Å². The third-order valence-electron chi connectivity index (χ3n) is 3.65. The van der Waals surface area contributed by atoms with Crippen LogP contribution in [0, 0.1) is 0 Å². The number of aromatic amines is 1. The molecule has 0 aliphatic rings. The number of aromatic nitrogens is 2. The first-order valence-electron chi connectivity index (χ1n) is 8.64. The molecule has 3 amide bonds. The number of nitrogens with one attached hydrogen (secondary N) is 4. The average molecular weight is 403 g/mol. The largest absolute Gasteiger partial charge is 0.480 e. The standard InChI is InChI=1S/C18H21N5O6/c24-15(8-21-18(28)29-10-12-4-2-1-3-5-12)23-14(6-13-7-19-11-22-13)17(27)20-9-16(25)26/h1-5,7,11,14H,6,8-10H2,(H,19,22)(H,20,27)(H,21,28)(H,23,24)(H,25,26)/t14-/m0/s1. The van der Waals surface area contributed by atoms with E-state index in [1.165, 1.54) is 12.5 Å². The average Bonchev–Trinajstić information content (AvgIpc) is 3.22. The van der Waals surface area contributed by atoms with Gasteiger partial charge in [-0.2, -0.15) is 0 Å². The third kappa shape index (κ3) is 8.12. The molecule has 1 aromatic carbocycles. The number of hydrogen-bond acceptors (Lipinski definition) is 6. The summed E-state index contributed by atoms with van der Waals surface area (Å²) in [6.07, 6.45) is 2.16.